The Hall–Kier alpha value is -1.97. The fourth-order valence-electron chi connectivity index (χ4n) is 1.27. The monoisotopic (exact) mass is 260 g/mol. The van der Waals surface area contributed by atoms with E-state index in [1.807, 2.05) is 24.3 Å². The second kappa shape index (κ2) is 4.91. The van der Waals surface area contributed by atoms with E-state index in [4.69, 9.17) is 11.0 Å². The van der Waals surface area contributed by atoms with Crippen LogP contribution in [0.4, 0.5) is 0 Å². The van der Waals surface area contributed by atoms with Crippen LogP contribution < -0.4 is 11.1 Å². The lowest BCUT2D eigenvalue weighted by atomic mass is 10.3. The molecular weight excluding hydrogens is 252 g/mol. The van der Waals surface area contributed by atoms with E-state index in [0.29, 0.717) is 10.6 Å². The molecule has 0 unspecified atom stereocenters. The SMILES string of the molecule is N#C/C(=C/NC(N)=S)c1nc2ccccc2s1. The number of benzene rings is 1. The molecule has 17 heavy (non-hydrogen) atoms. The van der Waals surface area contributed by atoms with E-state index < -0.39 is 0 Å². The van der Waals surface area contributed by atoms with Crippen molar-refractivity contribution in [3.8, 4) is 6.07 Å². The molecule has 0 bridgehead atoms. The zero-order chi connectivity index (χ0) is 12.3. The molecule has 0 aliphatic rings. The number of para-hydroxylation sites is 1. The van der Waals surface area contributed by atoms with E-state index in [9.17, 15) is 0 Å². The van der Waals surface area contributed by atoms with Gasteiger partial charge in [0.15, 0.2) is 5.11 Å². The third kappa shape index (κ3) is 2.58. The second-order valence-electron chi connectivity index (χ2n) is 3.17. The minimum atomic E-state index is 0.124. The molecule has 3 N–H and O–H groups in total. The Bertz CT molecular complexity index is 603. The van der Waals surface area contributed by atoms with E-state index >= 15 is 0 Å². The van der Waals surface area contributed by atoms with Gasteiger partial charge in [0.05, 0.1) is 10.2 Å². The van der Waals surface area contributed by atoms with Crippen molar-refractivity contribution in [1.29, 1.82) is 5.26 Å². The number of allylic oxidation sites excluding steroid dienone is 1. The Balaban J connectivity index is 2.41. The number of nitriles is 1. The van der Waals surface area contributed by atoms with Crippen molar-refractivity contribution >= 4 is 44.5 Å². The van der Waals surface area contributed by atoms with Crippen molar-refractivity contribution in [1.82, 2.24) is 10.3 Å². The average Bonchev–Trinajstić information content (AvgIpc) is 2.72. The van der Waals surface area contributed by atoms with Crippen molar-refractivity contribution in [2.24, 2.45) is 5.73 Å². The smallest absolute Gasteiger partial charge is 0.167 e. The van der Waals surface area contributed by atoms with Gasteiger partial charge >= 0.3 is 0 Å². The zero-order valence-electron chi connectivity index (χ0n) is 8.68. The summed E-state index contributed by atoms with van der Waals surface area (Å²) < 4.78 is 1.04. The molecule has 6 heteroatoms. The Morgan fingerprint density at radius 2 is 2.29 bits per heavy atom. The Morgan fingerprint density at radius 3 is 2.94 bits per heavy atom. The number of hydrogen-bond donors (Lipinski definition) is 2. The van der Waals surface area contributed by atoms with Crippen LogP contribution >= 0.6 is 23.6 Å². The van der Waals surface area contributed by atoms with Crippen LogP contribution in [0, 0.1) is 11.3 Å². The largest absolute Gasteiger partial charge is 0.376 e. The van der Waals surface area contributed by atoms with Gasteiger partial charge in [0.25, 0.3) is 0 Å². The number of thiazole rings is 1. The summed E-state index contributed by atoms with van der Waals surface area (Å²) in [4.78, 5) is 4.37. The maximum Gasteiger partial charge on any atom is 0.167 e. The lowest BCUT2D eigenvalue weighted by Gasteiger charge is -1.95. The zero-order valence-corrected chi connectivity index (χ0v) is 10.3. The van der Waals surface area contributed by atoms with E-state index in [-0.39, 0.29) is 5.11 Å². The third-order valence-corrected chi connectivity index (χ3v) is 3.19. The minimum absolute atomic E-state index is 0.124. The number of hydrogen-bond acceptors (Lipinski definition) is 4. The van der Waals surface area contributed by atoms with Crippen LogP contribution in [0.3, 0.4) is 0 Å². The highest BCUT2D eigenvalue weighted by Crippen LogP contribution is 2.26. The summed E-state index contributed by atoms with van der Waals surface area (Å²) in [5.41, 5.74) is 6.59. The quantitative estimate of drug-likeness (QED) is 0.638. The molecule has 0 aliphatic heterocycles. The van der Waals surface area contributed by atoms with Crippen LogP contribution in [0.15, 0.2) is 30.5 Å². The van der Waals surface area contributed by atoms with Gasteiger partial charge in [-0.25, -0.2) is 4.98 Å². The van der Waals surface area contributed by atoms with Crippen LogP contribution in [0.1, 0.15) is 5.01 Å². The van der Waals surface area contributed by atoms with Crippen molar-refractivity contribution in [2.45, 2.75) is 0 Å². The van der Waals surface area contributed by atoms with Crippen molar-refractivity contribution in [2.75, 3.05) is 0 Å². The van der Waals surface area contributed by atoms with Gasteiger partial charge in [-0.2, -0.15) is 5.26 Å². The Morgan fingerprint density at radius 1 is 1.53 bits per heavy atom. The van der Waals surface area contributed by atoms with Crippen molar-refractivity contribution in [3.63, 3.8) is 0 Å². The summed E-state index contributed by atoms with van der Waals surface area (Å²) in [6.07, 6.45) is 1.47. The van der Waals surface area contributed by atoms with Crippen LogP contribution in [0.25, 0.3) is 15.8 Å². The van der Waals surface area contributed by atoms with Gasteiger partial charge in [0.2, 0.25) is 0 Å². The molecule has 2 rings (SSSR count). The van der Waals surface area contributed by atoms with Crippen LogP contribution in [0.2, 0.25) is 0 Å². The Labute approximate surface area is 107 Å². The topological polar surface area (TPSA) is 74.7 Å². The molecule has 0 aliphatic carbocycles. The highest BCUT2D eigenvalue weighted by atomic mass is 32.1. The number of aromatic nitrogens is 1. The number of rotatable bonds is 2. The van der Waals surface area contributed by atoms with Gasteiger partial charge in [-0.1, -0.05) is 12.1 Å². The highest BCUT2D eigenvalue weighted by Gasteiger charge is 2.07. The predicted molar refractivity (Wildman–Crippen MR) is 73.1 cm³/mol. The number of fused-ring (bicyclic) bond motifs is 1. The molecule has 2 aromatic rings. The third-order valence-electron chi connectivity index (χ3n) is 2.00. The van der Waals surface area contributed by atoms with Gasteiger partial charge in [-0.3, -0.25) is 0 Å². The standard InChI is InChI=1S/C11H8N4S2/c12-5-7(6-14-11(13)16)10-15-8-3-1-2-4-9(8)17-10/h1-4,6H,(H3,13,14,16)/b7-6-. The fraction of sp³-hybridized carbons (Fsp3) is 0. The molecular formula is C11H8N4S2. The molecule has 0 fully saturated rings. The maximum absolute atomic E-state index is 9.04. The van der Waals surface area contributed by atoms with E-state index in [2.05, 4.69) is 28.6 Å². The predicted octanol–water partition coefficient (Wildman–Crippen LogP) is 1.99. The van der Waals surface area contributed by atoms with Gasteiger partial charge in [0, 0.05) is 6.20 Å². The summed E-state index contributed by atoms with van der Waals surface area (Å²) in [5.74, 6) is 0. The summed E-state index contributed by atoms with van der Waals surface area (Å²) in [5, 5.41) is 12.4. The van der Waals surface area contributed by atoms with Crippen LogP contribution in [-0.4, -0.2) is 10.1 Å². The normalized spacial score (nSPS) is 11.1. The van der Waals surface area contributed by atoms with E-state index in [0.717, 1.165) is 10.2 Å². The number of nitrogens with two attached hydrogens (primary N) is 1. The van der Waals surface area contributed by atoms with Gasteiger partial charge in [0.1, 0.15) is 16.6 Å². The van der Waals surface area contributed by atoms with Crippen molar-refractivity contribution in [3.05, 3.63) is 35.5 Å². The van der Waals surface area contributed by atoms with Crippen LogP contribution in [0.5, 0.6) is 0 Å². The average molecular weight is 260 g/mol. The summed E-state index contributed by atoms with van der Waals surface area (Å²) in [7, 11) is 0. The maximum atomic E-state index is 9.04. The summed E-state index contributed by atoms with van der Waals surface area (Å²) >= 11 is 6.13. The van der Waals surface area contributed by atoms with E-state index in [1.165, 1.54) is 17.5 Å². The molecule has 0 spiro atoms. The molecule has 1 heterocycles. The molecule has 1 aromatic heterocycles. The van der Waals surface area contributed by atoms with Gasteiger partial charge < -0.3 is 11.1 Å². The first-order valence-electron chi connectivity index (χ1n) is 4.73. The first-order chi connectivity index (χ1) is 8.20. The first kappa shape index (κ1) is 11.5. The molecule has 0 radical (unpaired) electrons. The lowest BCUT2D eigenvalue weighted by Crippen LogP contribution is -2.24. The minimum Gasteiger partial charge on any atom is -0.376 e. The molecule has 0 saturated carbocycles. The highest BCUT2D eigenvalue weighted by molar-refractivity contribution is 7.80. The molecule has 1 aromatic carbocycles. The number of nitrogens with one attached hydrogen (secondary N) is 1. The van der Waals surface area contributed by atoms with Crippen molar-refractivity contribution < 1.29 is 0 Å². The second-order valence-corrected chi connectivity index (χ2v) is 4.64. The lowest BCUT2D eigenvalue weighted by molar-refractivity contribution is 1.28. The molecule has 0 saturated heterocycles. The first-order valence-corrected chi connectivity index (χ1v) is 5.95. The molecule has 0 amide bonds. The number of nitrogens with zero attached hydrogens (tertiary/aromatic N) is 2. The number of thiocarbonyl (C=S) groups is 1. The van der Waals surface area contributed by atoms with Gasteiger partial charge in [-0.15, -0.1) is 11.3 Å². The molecule has 0 atom stereocenters. The molecule has 84 valence electrons. The summed E-state index contributed by atoms with van der Waals surface area (Å²) in [6, 6.07) is 9.79. The fourth-order valence-corrected chi connectivity index (χ4v) is 2.26. The van der Waals surface area contributed by atoms with E-state index in [1.54, 1.807) is 0 Å². The van der Waals surface area contributed by atoms with Gasteiger partial charge in [-0.05, 0) is 24.4 Å². The molecule has 4 nitrogen and oxygen atoms in total. The Kier molecular flexibility index (Phi) is 3.32. The van der Waals surface area contributed by atoms with Crippen LogP contribution in [-0.2, 0) is 0 Å². The summed E-state index contributed by atoms with van der Waals surface area (Å²) in [6.45, 7) is 0.